The minimum Gasteiger partial charge on any atom is -0.444 e. The molecule has 6 heteroatoms. The number of hydrogen-bond donors (Lipinski definition) is 2. The van der Waals surface area contributed by atoms with Crippen molar-refractivity contribution < 1.29 is 19.7 Å². The van der Waals surface area contributed by atoms with Crippen LogP contribution in [0.15, 0.2) is 0 Å². The number of carbonyl (C=O) groups is 1. The number of hydrogen-bond acceptors (Lipinski definition) is 5. The zero-order valence-electron chi connectivity index (χ0n) is 13.7. The van der Waals surface area contributed by atoms with Crippen molar-refractivity contribution in [2.45, 2.75) is 45.3 Å². The molecule has 1 rings (SSSR count). The molecule has 1 amide bonds. The molecule has 1 aliphatic rings. The van der Waals surface area contributed by atoms with Gasteiger partial charge in [-0.3, -0.25) is 0 Å². The van der Waals surface area contributed by atoms with Gasteiger partial charge in [-0.25, -0.2) is 4.79 Å². The Balaban J connectivity index is 2.30. The lowest BCUT2D eigenvalue weighted by Crippen LogP contribution is -2.42. The van der Waals surface area contributed by atoms with Gasteiger partial charge < -0.3 is 24.7 Å². The molecule has 1 heterocycles. The van der Waals surface area contributed by atoms with Gasteiger partial charge in [-0.1, -0.05) is 0 Å². The number of carbonyl (C=O) groups excluding carboxylic acids is 1. The third-order valence-corrected chi connectivity index (χ3v) is 3.57. The summed E-state index contributed by atoms with van der Waals surface area (Å²) in [4.78, 5) is 15.4. The van der Waals surface area contributed by atoms with Crippen LogP contribution in [0.2, 0.25) is 0 Å². The third kappa shape index (κ3) is 7.11. The van der Waals surface area contributed by atoms with Gasteiger partial charge in [-0.15, -0.1) is 0 Å². The van der Waals surface area contributed by atoms with E-state index in [1.165, 1.54) is 4.90 Å². The molecule has 1 aliphatic heterocycles. The van der Waals surface area contributed by atoms with Crippen LogP contribution in [0.3, 0.4) is 0 Å². The number of rotatable bonds is 6. The molecular formula is C15H30N2O4. The Kier molecular flexibility index (Phi) is 6.90. The Morgan fingerprint density at radius 1 is 1.48 bits per heavy atom. The molecular weight excluding hydrogens is 272 g/mol. The average molecular weight is 302 g/mol. The Morgan fingerprint density at radius 2 is 2.14 bits per heavy atom. The van der Waals surface area contributed by atoms with E-state index in [1.807, 2.05) is 20.8 Å². The molecule has 2 atom stereocenters. The highest BCUT2D eigenvalue weighted by Crippen LogP contribution is 2.19. The Morgan fingerprint density at radius 3 is 2.71 bits per heavy atom. The highest BCUT2D eigenvalue weighted by atomic mass is 16.6. The van der Waals surface area contributed by atoms with Crippen LogP contribution in [0.25, 0.3) is 0 Å². The summed E-state index contributed by atoms with van der Waals surface area (Å²) < 4.78 is 5.25. The first-order chi connectivity index (χ1) is 9.71. The minimum atomic E-state index is -0.588. The number of ether oxygens (including phenoxy) is 1. The largest absolute Gasteiger partial charge is 0.444 e. The number of likely N-dealkylation sites (tertiary alicyclic amines) is 1. The second-order valence-electron chi connectivity index (χ2n) is 6.94. The first kappa shape index (κ1) is 18.2. The highest BCUT2D eigenvalue weighted by Gasteiger charge is 2.26. The van der Waals surface area contributed by atoms with E-state index in [1.54, 1.807) is 7.05 Å². The first-order valence-electron chi connectivity index (χ1n) is 7.66. The molecule has 0 bridgehead atoms. The van der Waals surface area contributed by atoms with E-state index in [0.29, 0.717) is 12.5 Å². The number of β-amino-alcohol motifs (C(OH)–C–C–N with tert-alkyl or cyclic N) is 1. The van der Waals surface area contributed by atoms with Gasteiger partial charge in [0.05, 0.1) is 12.6 Å². The Bertz CT molecular complexity index is 330. The van der Waals surface area contributed by atoms with Crippen molar-refractivity contribution in [3.63, 3.8) is 0 Å². The molecule has 0 spiro atoms. The van der Waals surface area contributed by atoms with E-state index in [4.69, 9.17) is 9.84 Å². The fourth-order valence-electron chi connectivity index (χ4n) is 2.58. The van der Waals surface area contributed by atoms with Gasteiger partial charge in [0.1, 0.15) is 5.60 Å². The SMILES string of the molecule is CN(CC(O)CN1CCC(CCO)C1)C(=O)OC(C)(C)C. The van der Waals surface area contributed by atoms with Gasteiger partial charge in [0.25, 0.3) is 0 Å². The van der Waals surface area contributed by atoms with Crippen molar-refractivity contribution in [1.29, 1.82) is 0 Å². The van der Waals surface area contributed by atoms with Crippen molar-refractivity contribution in [2.75, 3.05) is 39.8 Å². The summed E-state index contributed by atoms with van der Waals surface area (Å²) in [7, 11) is 1.63. The summed E-state index contributed by atoms with van der Waals surface area (Å²) in [6, 6.07) is 0. The maximum Gasteiger partial charge on any atom is 0.410 e. The fraction of sp³-hybridized carbons (Fsp3) is 0.933. The molecule has 0 aliphatic carbocycles. The smallest absolute Gasteiger partial charge is 0.410 e. The maximum atomic E-state index is 11.8. The molecule has 2 N–H and O–H groups in total. The quantitative estimate of drug-likeness (QED) is 0.763. The Hall–Kier alpha value is -0.850. The number of aliphatic hydroxyl groups excluding tert-OH is 2. The molecule has 1 saturated heterocycles. The van der Waals surface area contributed by atoms with Crippen molar-refractivity contribution in [3.05, 3.63) is 0 Å². The van der Waals surface area contributed by atoms with E-state index in [-0.39, 0.29) is 13.2 Å². The van der Waals surface area contributed by atoms with Crippen LogP contribution in [-0.4, -0.2) is 77.6 Å². The lowest BCUT2D eigenvalue weighted by molar-refractivity contribution is 0.0173. The first-order valence-corrected chi connectivity index (χ1v) is 7.66. The van der Waals surface area contributed by atoms with Gasteiger partial charge >= 0.3 is 6.09 Å². The van der Waals surface area contributed by atoms with Crippen LogP contribution in [0.5, 0.6) is 0 Å². The van der Waals surface area contributed by atoms with E-state index in [9.17, 15) is 9.90 Å². The van der Waals surface area contributed by atoms with Crippen LogP contribution in [0.1, 0.15) is 33.6 Å². The van der Waals surface area contributed by atoms with Crippen LogP contribution in [0.4, 0.5) is 4.79 Å². The molecule has 0 aromatic carbocycles. The van der Waals surface area contributed by atoms with Gasteiger partial charge in [0, 0.05) is 26.7 Å². The second-order valence-corrected chi connectivity index (χ2v) is 6.94. The minimum absolute atomic E-state index is 0.225. The van der Waals surface area contributed by atoms with E-state index in [2.05, 4.69) is 4.90 Å². The maximum absolute atomic E-state index is 11.8. The van der Waals surface area contributed by atoms with E-state index in [0.717, 1.165) is 25.9 Å². The second kappa shape index (κ2) is 7.96. The topological polar surface area (TPSA) is 73.2 Å². The van der Waals surface area contributed by atoms with Gasteiger partial charge in [0.15, 0.2) is 0 Å². The van der Waals surface area contributed by atoms with Gasteiger partial charge in [-0.05, 0) is 46.1 Å². The summed E-state index contributed by atoms with van der Waals surface area (Å²) in [5.74, 6) is 0.519. The van der Waals surface area contributed by atoms with E-state index < -0.39 is 17.8 Å². The molecule has 2 unspecified atom stereocenters. The average Bonchev–Trinajstić information content (AvgIpc) is 2.74. The molecule has 21 heavy (non-hydrogen) atoms. The predicted molar refractivity (Wildman–Crippen MR) is 81.1 cm³/mol. The lowest BCUT2D eigenvalue weighted by Gasteiger charge is -2.27. The van der Waals surface area contributed by atoms with Gasteiger partial charge in [-0.2, -0.15) is 0 Å². The third-order valence-electron chi connectivity index (χ3n) is 3.57. The molecule has 0 aromatic rings. The number of likely N-dealkylation sites (N-methyl/N-ethyl adjacent to an activating group) is 1. The van der Waals surface area contributed by atoms with Crippen molar-refractivity contribution in [3.8, 4) is 0 Å². The lowest BCUT2D eigenvalue weighted by atomic mass is 10.1. The molecule has 0 radical (unpaired) electrons. The summed E-state index contributed by atoms with van der Waals surface area (Å²) in [6.45, 7) is 8.35. The normalized spacial score (nSPS) is 21.3. The number of nitrogens with zero attached hydrogens (tertiary/aromatic N) is 2. The molecule has 1 fully saturated rings. The zero-order valence-corrected chi connectivity index (χ0v) is 13.7. The van der Waals surface area contributed by atoms with Crippen LogP contribution in [-0.2, 0) is 4.74 Å². The van der Waals surface area contributed by atoms with Crippen LogP contribution < -0.4 is 0 Å². The van der Waals surface area contributed by atoms with Crippen LogP contribution in [0, 0.1) is 5.92 Å². The fourth-order valence-corrected chi connectivity index (χ4v) is 2.58. The molecule has 6 nitrogen and oxygen atoms in total. The Labute approximate surface area is 127 Å². The summed E-state index contributed by atoms with van der Waals surface area (Å²) in [5.41, 5.74) is -0.525. The summed E-state index contributed by atoms with van der Waals surface area (Å²) >= 11 is 0. The zero-order chi connectivity index (χ0) is 16.0. The molecule has 0 aromatic heterocycles. The summed E-state index contributed by atoms with van der Waals surface area (Å²) in [5, 5.41) is 19.0. The number of amides is 1. The standard InChI is InChI=1S/C15H30N2O4/c1-15(2,3)21-14(20)16(4)10-13(19)11-17-7-5-12(9-17)6-8-18/h12-13,18-19H,5-11H2,1-4H3. The van der Waals surface area contributed by atoms with E-state index >= 15 is 0 Å². The highest BCUT2D eigenvalue weighted by molar-refractivity contribution is 5.67. The monoisotopic (exact) mass is 302 g/mol. The van der Waals surface area contributed by atoms with Crippen LogP contribution >= 0.6 is 0 Å². The van der Waals surface area contributed by atoms with Crippen molar-refractivity contribution in [2.24, 2.45) is 5.92 Å². The van der Waals surface area contributed by atoms with Crippen molar-refractivity contribution >= 4 is 6.09 Å². The molecule has 124 valence electrons. The molecule has 0 saturated carbocycles. The number of aliphatic hydroxyl groups is 2. The van der Waals surface area contributed by atoms with Crippen molar-refractivity contribution in [1.82, 2.24) is 9.80 Å². The van der Waals surface area contributed by atoms with Gasteiger partial charge in [0.2, 0.25) is 0 Å². The predicted octanol–water partition coefficient (Wildman–Crippen LogP) is 0.918. The summed E-state index contributed by atoms with van der Waals surface area (Å²) in [6.07, 6.45) is 0.885.